The van der Waals surface area contributed by atoms with Gasteiger partial charge in [0.1, 0.15) is 12.4 Å². The molecule has 0 unspecified atom stereocenters. The summed E-state index contributed by atoms with van der Waals surface area (Å²) < 4.78 is 13.5. The van der Waals surface area contributed by atoms with E-state index in [9.17, 15) is 14.0 Å². The summed E-state index contributed by atoms with van der Waals surface area (Å²) in [4.78, 5) is 25.1. The molecule has 2 aromatic carbocycles. The van der Waals surface area contributed by atoms with E-state index in [4.69, 9.17) is 5.26 Å². The number of rotatable bonds is 4. The maximum Gasteiger partial charge on any atom is 0.244 e. The molecule has 0 radical (unpaired) electrons. The number of nitrogens with zero attached hydrogens (tertiary/aromatic N) is 2. The molecule has 23 heavy (non-hydrogen) atoms. The van der Waals surface area contributed by atoms with E-state index in [0.717, 1.165) is 0 Å². The van der Waals surface area contributed by atoms with Gasteiger partial charge in [0.2, 0.25) is 11.8 Å². The minimum absolute atomic E-state index is 0.0479. The molecule has 2 amide bonds. The lowest BCUT2D eigenvalue weighted by Gasteiger charge is -2.21. The van der Waals surface area contributed by atoms with E-state index in [-0.39, 0.29) is 18.1 Å². The molecule has 116 valence electrons. The zero-order valence-corrected chi connectivity index (χ0v) is 12.4. The van der Waals surface area contributed by atoms with Crippen molar-refractivity contribution in [2.75, 3.05) is 16.8 Å². The molecule has 5 nitrogen and oxygen atoms in total. The minimum atomic E-state index is -0.554. The van der Waals surface area contributed by atoms with Crippen molar-refractivity contribution in [3.63, 3.8) is 0 Å². The summed E-state index contributed by atoms with van der Waals surface area (Å²) in [6.07, 6.45) is 0. The van der Waals surface area contributed by atoms with Crippen molar-refractivity contribution in [1.29, 1.82) is 5.26 Å². The smallest absolute Gasteiger partial charge is 0.244 e. The molecule has 0 spiro atoms. The van der Waals surface area contributed by atoms with Crippen LogP contribution < -0.4 is 10.2 Å². The molecule has 0 aliphatic rings. The quantitative estimate of drug-likeness (QED) is 0.943. The number of halogens is 1. The fourth-order valence-corrected chi connectivity index (χ4v) is 2.02. The van der Waals surface area contributed by atoms with Crippen molar-refractivity contribution >= 4 is 23.2 Å². The van der Waals surface area contributed by atoms with Gasteiger partial charge in [-0.1, -0.05) is 18.2 Å². The van der Waals surface area contributed by atoms with Crippen molar-refractivity contribution in [2.45, 2.75) is 6.92 Å². The van der Waals surface area contributed by atoms with Crippen LogP contribution in [0, 0.1) is 17.1 Å². The van der Waals surface area contributed by atoms with Gasteiger partial charge in [-0.3, -0.25) is 9.59 Å². The predicted octanol–water partition coefficient (Wildman–Crippen LogP) is 2.69. The number of anilines is 2. The lowest BCUT2D eigenvalue weighted by Crippen LogP contribution is -2.36. The number of para-hydroxylation sites is 1. The molecule has 0 atom stereocenters. The van der Waals surface area contributed by atoms with Gasteiger partial charge in [0.05, 0.1) is 17.3 Å². The Labute approximate surface area is 133 Å². The van der Waals surface area contributed by atoms with E-state index in [2.05, 4.69) is 5.32 Å². The highest BCUT2D eigenvalue weighted by molar-refractivity contribution is 6.01. The number of hydrogen-bond donors (Lipinski definition) is 1. The van der Waals surface area contributed by atoms with Gasteiger partial charge in [0.15, 0.2) is 0 Å². The van der Waals surface area contributed by atoms with Crippen LogP contribution in [0.3, 0.4) is 0 Å². The first kappa shape index (κ1) is 16.2. The Bertz CT molecular complexity index is 783. The largest absolute Gasteiger partial charge is 0.322 e. The van der Waals surface area contributed by atoms with E-state index in [1.165, 1.54) is 36.1 Å². The molecule has 1 N–H and O–H groups in total. The van der Waals surface area contributed by atoms with Crippen molar-refractivity contribution in [1.82, 2.24) is 0 Å². The molecular weight excluding hydrogens is 297 g/mol. The van der Waals surface area contributed by atoms with Crippen LogP contribution in [0.5, 0.6) is 0 Å². The standard InChI is InChI=1S/C17H14FN3O2/c1-12(22)21(14-6-4-5-13(9-14)10-19)11-17(23)20-16-8-3-2-7-15(16)18/h2-9H,11H2,1H3,(H,20,23). The monoisotopic (exact) mass is 311 g/mol. The number of carbonyl (C=O) groups excluding carboxylic acids is 2. The maximum atomic E-state index is 13.5. The lowest BCUT2D eigenvalue weighted by atomic mass is 10.2. The second-order valence-corrected chi connectivity index (χ2v) is 4.80. The molecule has 6 heteroatoms. The Morgan fingerprint density at radius 2 is 1.96 bits per heavy atom. The predicted molar refractivity (Wildman–Crippen MR) is 84.2 cm³/mol. The second-order valence-electron chi connectivity index (χ2n) is 4.80. The molecular formula is C17H14FN3O2. The number of hydrogen-bond acceptors (Lipinski definition) is 3. The normalized spacial score (nSPS) is 9.78. The van der Waals surface area contributed by atoms with E-state index >= 15 is 0 Å². The third-order valence-corrected chi connectivity index (χ3v) is 3.12. The molecule has 2 rings (SSSR count). The van der Waals surface area contributed by atoms with Gasteiger partial charge >= 0.3 is 0 Å². The van der Waals surface area contributed by atoms with E-state index in [1.54, 1.807) is 24.3 Å². The fourth-order valence-electron chi connectivity index (χ4n) is 2.02. The number of nitriles is 1. The zero-order chi connectivity index (χ0) is 16.8. The van der Waals surface area contributed by atoms with Gasteiger partial charge in [-0.05, 0) is 30.3 Å². The molecule has 0 saturated heterocycles. The first-order valence-corrected chi connectivity index (χ1v) is 6.84. The molecule has 0 saturated carbocycles. The zero-order valence-electron chi connectivity index (χ0n) is 12.4. The summed E-state index contributed by atoms with van der Waals surface area (Å²) in [5.41, 5.74) is 0.857. The van der Waals surface area contributed by atoms with Gasteiger partial charge in [-0.15, -0.1) is 0 Å². The second kappa shape index (κ2) is 7.18. The molecule has 0 fully saturated rings. The first-order valence-electron chi connectivity index (χ1n) is 6.84. The van der Waals surface area contributed by atoms with Crippen LogP contribution in [-0.2, 0) is 9.59 Å². The average Bonchev–Trinajstić information content (AvgIpc) is 2.54. The van der Waals surface area contributed by atoms with Crippen LogP contribution in [0.4, 0.5) is 15.8 Å². The molecule has 0 aliphatic carbocycles. The van der Waals surface area contributed by atoms with Gasteiger partial charge in [0, 0.05) is 12.6 Å². The summed E-state index contributed by atoms with van der Waals surface area (Å²) >= 11 is 0. The van der Waals surface area contributed by atoms with Crippen LogP contribution in [-0.4, -0.2) is 18.4 Å². The first-order chi connectivity index (χ1) is 11.0. The third-order valence-electron chi connectivity index (χ3n) is 3.12. The minimum Gasteiger partial charge on any atom is -0.322 e. The van der Waals surface area contributed by atoms with Crippen molar-refractivity contribution in [2.24, 2.45) is 0 Å². The van der Waals surface area contributed by atoms with Crippen molar-refractivity contribution in [3.8, 4) is 6.07 Å². The van der Waals surface area contributed by atoms with Crippen LogP contribution in [0.2, 0.25) is 0 Å². The number of carbonyl (C=O) groups is 2. The molecule has 0 aliphatic heterocycles. The highest BCUT2D eigenvalue weighted by Crippen LogP contribution is 2.17. The Hall–Kier alpha value is -3.20. The Morgan fingerprint density at radius 1 is 1.22 bits per heavy atom. The number of nitrogens with one attached hydrogen (secondary N) is 1. The molecule has 2 aromatic rings. The summed E-state index contributed by atoms with van der Waals surface area (Å²) in [6, 6.07) is 14.1. The maximum absolute atomic E-state index is 13.5. The van der Waals surface area contributed by atoms with E-state index < -0.39 is 11.7 Å². The van der Waals surface area contributed by atoms with Crippen molar-refractivity contribution < 1.29 is 14.0 Å². The highest BCUT2D eigenvalue weighted by atomic mass is 19.1. The number of benzene rings is 2. The Morgan fingerprint density at radius 3 is 2.61 bits per heavy atom. The van der Waals surface area contributed by atoms with Gasteiger partial charge in [-0.25, -0.2) is 4.39 Å². The van der Waals surface area contributed by atoms with Gasteiger partial charge < -0.3 is 10.2 Å². The third kappa shape index (κ3) is 4.14. The molecule has 0 aromatic heterocycles. The summed E-state index contributed by atoms with van der Waals surface area (Å²) in [5, 5.41) is 11.3. The topological polar surface area (TPSA) is 73.2 Å². The van der Waals surface area contributed by atoms with Crippen LogP contribution in [0.15, 0.2) is 48.5 Å². The summed E-state index contributed by atoms with van der Waals surface area (Å²) in [5.74, 6) is -1.45. The molecule has 0 heterocycles. The lowest BCUT2D eigenvalue weighted by molar-refractivity contribution is -0.120. The van der Waals surface area contributed by atoms with Crippen LogP contribution in [0.1, 0.15) is 12.5 Å². The van der Waals surface area contributed by atoms with Crippen LogP contribution >= 0.6 is 0 Å². The van der Waals surface area contributed by atoms with Crippen molar-refractivity contribution in [3.05, 3.63) is 59.9 Å². The average molecular weight is 311 g/mol. The Balaban J connectivity index is 2.16. The van der Waals surface area contributed by atoms with E-state index in [0.29, 0.717) is 11.3 Å². The molecule has 0 bridgehead atoms. The summed E-state index contributed by atoms with van der Waals surface area (Å²) in [6.45, 7) is 1.04. The van der Waals surface area contributed by atoms with Gasteiger partial charge in [-0.2, -0.15) is 5.26 Å². The Kier molecular flexibility index (Phi) is 5.05. The van der Waals surface area contributed by atoms with Gasteiger partial charge in [0.25, 0.3) is 0 Å². The SMILES string of the molecule is CC(=O)N(CC(=O)Nc1ccccc1F)c1cccc(C#N)c1. The highest BCUT2D eigenvalue weighted by Gasteiger charge is 2.17. The fraction of sp³-hybridized carbons (Fsp3) is 0.118. The van der Waals surface area contributed by atoms with Crippen LogP contribution in [0.25, 0.3) is 0 Å². The number of amides is 2. The van der Waals surface area contributed by atoms with E-state index in [1.807, 2.05) is 6.07 Å². The summed E-state index contributed by atoms with van der Waals surface area (Å²) in [7, 11) is 0.